The van der Waals surface area contributed by atoms with Crippen molar-refractivity contribution in [2.24, 2.45) is 5.73 Å². The quantitative estimate of drug-likeness (QED) is 0.533. The van der Waals surface area contributed by atoms with Crippen LogP contribution < -0.4 is 5.73 Å². The summed E-state index contributed by atoms with van der Waals surface area (Å²) >= 11 is 0. The van der Waals surface area contributed by atoms with E-state index in [1.165, 1.54) is 7.11 Å². The summed E-state index contributed by atoms with van der Waals surface area (Å²) in [5.74, 6) is -0.133. The first kappa shape index (κ1) is 12.2. The minimum atomic E-state index is -0.133. The summed E-state index contributed by atoms with van der Waals surface area (Å²) in [4.78, 5) is 13.2. The van der Waals surface area contributed by atoms with Crippen LogP contribution in [0.25, 0.3) is 0 Å². The highest BCUT2D eigenvalue weighted by Crippen LogP contribution is 2.10. The minimum absolute atomic E-state index is 0.133. The highest BCUT2D eigenvalue weighted by atomic mass is 16.5. The molecule has 0 aromatic carbocycles. The Hall–Kier alpha value is -0.870. The van der Waals surface area contributed by atoms with E-state index in [-0.39, 0.29) is 5.97 Å². The van der Waals surface area contributed by atoms with Gasteiger partial charge in [-0.25, -0.2) is 0 Å². The van der Waals surface area contributed by atoms with Gasteiger partial charge in [0, 0.05) is 25.6 Å². The molecule has 0 aromatic heterocycles. The van der Waals surface area contributed by atoms with Crippen molar-refractivity contribution in [3.63, 3.8) is 0 Å². The van der Waals surface area contributed by atoms with Gasteiger partial charge in [0.2, 0.25) is 0 Å². The van der Waals surface area contributed by atoms with Gasteiger partial charge in [0.05, 0.1) is 7.11 Å². The number of nitrogens with zero attached hydrogens (tertiary/aromatic N) is 1. The predicted octanol–water partition coefficient (Wildman–Crippen LogP) is 0.529. The fourth-order valence-corrected chi connectivity index (χ4v) is 1.82. The van der Waals surface area contributed by atoms with E-state index in [4.69, 9.17) is 5.73 Å². The van der Waals surface area contributed by atoms with Crippen LogP contribution in [-0.4, -0.2) is 43.7 Å². The van der Waals surface area contributed by atoms with Gasteiger partial charge in [-0.3, -0.25) is 9.69 Å². The van der Waals surface area contributed by atoms with Crippen LogP contribution in [0.1, 0.15) is 19.3 Å². The van der Waals surface area contributed by atoms with E-state index in [1.807, 2.05) is 0 Å². The van der Waals surface area contributed by atoms with E-state index in [0.717, 1.165) is 25.9 Å². The van der Waals surface area contributed by atoms with E-state index in [9.17, 15) is 4.79 Å². The summed E-state index contributed by atoms with van der Waals surface area (Å²) < 4.78 is 4.60. The van der Waals surface area contributed by atoms with Crippen LogP contribution in [0.2, 0.25) is 0 Å². The van der Waals surface area contributed by atoms with Crippen molar-refractivity contribution in [3.8, 4) is 0 Å². The maximum Gasteiger partial charge on any atom is 0.305 e. The summed E-state index contributed by atoms with van der Waals surface area (Å²) in [6, 6.07) is 0.344. The molecule has 0 amide bonds. The fourth-order valence-electron chi connectivity index (χ4n) is 1.82. The molecule has 0 saturated carbocycles. The Morgan fingerprint density at radius 3 is 3.13 bits per heavy atom. The maximum absolute atomic E-state index is 10.9. The third-order valence-corrected chi connectivity index (χ3v) is 2.71. The normalized spacial score (nSPS) is 21.6. The van der Waals surface area contributed by atoms with E-state index < -0.39 is 0 Å². The molecule has 1 rings (SSSR count). The number of nitrogens with two attached hydrogens (primary N) is 1. The van der Waals surface area contributed by atoms with E-state index in [2.05, 4.69) is 21.8 Å². The molecule has 4 heteroatoms. The lowest BCUT2D eigenvalue weighted by Crippen LogP contribution is -2.42. The van der Waals surface area contributed by atoms with Crippen molar-refractivity contribution < 1.29 is 9.53 Å². The predicted molar refractivity (Wildman–Crippen MR) is 59.4 cm³/mol. The molecule has 2 N–H and O–H groups in total. The van der Waals surface area contributed by atoms with Crippen molar-refractivity contribution in [1.29, 1.82) is 0 Å². The lowest BCUT2D eigenvalue weighted by atomic mass is 10.1. The molecule has 1 heterocycles. The molecule has 15 heavy (non-hydrogen) atoms. The van der Waals surface area contributed by atoms with Gasteiger partial charge in [-0.05, 0) is 19.4 Å². The van der Waals surface area contributed by atoms with Crippen LogP contribution in [0.3, 0.4) is 0 Å². The number of hydrogen-bond donors (Lipinski definition) is 1. The van der Waals surface area contributed by atoms with Crippen LogP contribution >= 0.6 is 0 Å². The Kier molecular flexibility index (Phi) is 5.36. The second-order valence-electron chi connectivity index (χ2n) is 3.74. The van der Waals surface area contributed by atoms with Gasteiger partial charge >= 0.3 is 5.97 Å². The second kappa shape index (κ2) is 6.58. The first-order valence-electron chi connectivity index (χ1n) is 5.45. The van der Waals surface area contributed by atoms with Crippen molar-refractivity contribution in [3.05, 3.63) is 12.2 Å². The Labute approximate surface area is 91.1 Å². The topological polar surface area (TPSA) is 55.6 Å². The zero-order valence-corrected chi connectivity index (χ0v) is 9.32. The average molecular weight is 212 g/mol. The van der Waals surface area contributed by atoms with Crippen molar-refractivity contribution in [2.45, 2.75) is 25.3 Å². The fraction of sp³-hybridized carbons (Fsp3) is 0.727. The van der Waals surface area contributed by atoms with Crippen LogP contribution in [0.4, 0.5) is 0 Å². The summed E-state index contributed by atoms with van der Waals surface area (Å²) in [6.07, 6.45) is 6.75. The van der Waals surface area contributed by atoms with E-state index in [0.29, 0.717) is 19.0 Å². The Bertz CT molecular complexity index is 229. The molecule has 1 unspecified atom stereocenters. The monoisotopic (exact) mass is 212 g/mol. The van der Waals surface area contributed by atoms with E-state index in [1.54, 1.807) is 0 Å². The van der Waals surface area contributed by atoms with Gasteiger partial charge in [0.15, 0.2) is 0 Å². The van der Waals surface area contributed by atoms with Gasteiger partial charge in [-0.2, -0.15) is 0 Å². The van der Waals surface area contributed by atoms with Crippen molar-refractivity contribution in [1.82, 2.24) is 4.90 Å². The second-order valence-corrected chi connectivity index (χ2v) is 3.74. The standard InChI is InChI=1S/C11H20N2O2/c1-15-11(14)6-4-8-13-7-3-2-5-10(13)9-12/h2,5,10H,3-4,6-9,12H2,1H3. The van der Waals surface area contributed by atoms with Gasteiger partial charge in [-0.15, -0.1) is 0 Å². The Morgan fingerprint density at radius 2 is 2.47 bits per heavy atom. The molecule has 1 aliphatic rings. The average Bonchev–Trinajstić information content (AvgIpc) is 2.29. The van der Waals surface area contributed by atoms with E-state index >= 15 is 0 Å². The third-order valence-electron chi connectivity index (χ3n) is 2.71. The molecule has 0 bridgehead atoms. The van der Waals surface area contributed by atoms with Crippen molar-refractivity contribution >= 4 is 5.97 Å². The van der Waals surface area contributed by atoms with Gasteiger partial charge in [0.1, 0.15) is 0 Å². The van der Waals surface area contributed by atoms with Crippen LogP contribution in [-0.2, 0) is 9.53 Å². The molecular formula is C11H20N2O2. The lowest BCUT2D eigenvalue weighted by molar-refractivity contribution is -0.140. The minimum Gasteiger partial charge on any atom is -0.469 e. The number of hydrogen-bond acceptors (Lipinski definition) is 4. The molecule has 0 radical (unpaired) electrons. The summed E-state index contributed by atoms with van der Waals surface area (Å²) in [5.41, 5.74) is 5.67. The number of carbonyl (C=O) groups excluding carboxylic acids is 1. The SMILES string of the molecule is COC(=O)CCCN1CCC=CC1CN. The number of carbonyl (C=O) groups is 1. The molecule has 0 fully saturated rings. The first-order valence-corrected chi connectivity index (χ1v) is 5.45. The summed E-state index contributed by atoms with van der Waals surface area (Å²) in [7, 11) is 1.43. The smallest absolute Gasteiger partial charge is 0.305 e. The van der Waals surface area contributed by atoms with Gasteiger partial charge in [0.25, 0.3) is 0 Å². The summed E-state index contributed by atoms with van der Waals surface area (Å²) in [5, 5.41) is 0. The zero-order chi connectivity index (χ0) is 11.1. The number of esters is 1. The third kappa shape index (κ3) is 4.01. The zero-order valence-electron chi connectivity index (χ0n) is 9.32. The molecule has 4 nitrogen and oxygen atoms in total. The van der Waals surface area contributed by atoms with Crippen molar-refractivity contribution in [2.75, 3.05) is 26.7 Å². The molecule has 1 atom stereocenters. The summed E-state index contributed by atoms with van der Waals surface area (Å²) in [6.45, 7) is 2.61. The number of ether oxygens (including phenoxy) is 1. The Balaban J connectivity index is 2.25. The molecule has 1 aliphatic heterocycles. The molecule has 0 saturated heterocycles. The Morgan fingerprint density at radius 1 is 1.67 bits per heavy atom. The van der Waals surface area contributed by atoms with Crippen LogP contribution in [0.15, 0.2) is 12.2 Å². The molecular weight excluding hydrogens is 192 g/mol. The molecule has 0 aliphatic carbocycles. The lowest BCUT2D eigenvalue weighted by Gasteiger charge is -2.31. The highest BCUT2D eigenvalue weighted by Gasteiger charge is 2.16. The highest BCUT2D eigenvalue weighted by molar-refractivity contribution is 5.69. The molecule has 0 spiro atoms. The maximum atomic E-state index is 10.9. The van der Waals surface area contributed by atoms with Crippen LogP contribution in [0, 0.1) is 0 Å². The number of methoxy groups -OCH3 is 1. The van der Waals surface area contributed by atoms with Crippen LogP contribution in [0.5, 0.6) is 0 Å². The molecule has 86 valence electrons. The molecule has 0 aromatic rings. The van der Waals surface area contributed by atoms with Gasteiger partial charge < -0.3 is 10.5 Å². The first-order chi connectivity index (χ1) is 7.27. The largest absolute Gasteiger partial charge is 0.469 e. The number of rotatable bonds is 5. The van der Waals surface area contributed by atoms with Gasteiger partial charge in [-0.1, -0.05) is 12.2 Å².